The molecule has 3 heteroatoms. The SMILES string of the molecule is c1ccc(-c2oc3ccc4c(oc5cccc(-c6c7ccccc7c(-c7cccc8sc9ccccc9c78)c7ccccc67)c54)c3c2-c2ccccc2)cc1. The Bertz CT molecular complexity index is 3420. The maximum absolute atomic E-state index is 6.98. The summed E-state index contributed by atoms with van der Waals surface area (Å²) in [6, 6.07) is 65.2. The van der Waals surface area contributed by atoms with Gasteiger partial charge in [0.15, 0.2) is 0 Å². The van der Waals surface area contributed by atoms with Gasteiger partial charge in [0, 0.05) is 42.1 Å². The lowest BCUT2D eigenvalue weighted by Gasteiger charge is -2.19. The van der Waals surface area contributed by atoms with Crippen LogP contribution in [0.15, 0.2) is 191 Å². The molecule has 0 aliphatic heterocycles. The summed E-state index contributed by atoms with van der Waals surface area (Å²) in [5.74, 6) is 0.843. The quantitative estimate of drug-likeness (QED) is 0.169. The lowest BCUT2D eigenvalue weighted by molar-refractivity contribution is 0.631. The third-order valence-corrected chi connectivity index (χ3v) is 12.4. The van der Waals surface area contributed by atoms with Crippen LogP contribution in [0.2, 0.25) is 0 Å². The first-order valence-corrected chi connectivity index (χ1v) is 19.5. The lowest BCUT2D eigenvalue weighted by Crippen LogP contribution is -1.91. The van der Waals surface area contributed by atoms with Crippen LogP contribution in [-0.4, -0.2) is 0 Å². The average Bonchev–Trinajstić information content (AvgIpc) is 3.95. The molecule has 12 aromatic rings. The molecule has 3 aromatic heterocycles. The van der Waals surface area contributed by atoms with E-state index in [2.05, 4.69) is 176 Å². The summed E-state index contributed by atoms with van der Waals surface area (Å²) in [5, 5.41) is 10.7. The largest absolute Gasteiger partial charge is 0.455 e. The van der Waals surface area contributed by atoms with Gasteiger partial charge in [-0.05, 0) is 79.7 Å². The molecule has 0 aliphatic carbocycles. The molecule has 256 valence electrons. The highest BCUT2D eigenvalue weighted by molar-refractivity contribution is 7.26. The highest BCUT2D eigenvalue weighted by atomic mass is 32.1. The average molecular weight is 719 g/mol. The number of rotatable bonds is 4. The summed E-state index contributed by atoms with van der Waals surface area (Å²) in [6.45, 7) is 0. The molecule has 0 atom stereocenters. The smallest absolute Gasteiger partial charge is 0.147 e. The zero-order valence-corrected chi connectivity index (χ0v) is 30.4. The van der Waals surface area contributed by atoms with Crippen molar-refractivity contribution in [1.29, 1.82) is 0 Å². The molecule has 0 saturated heterocycles. The van der Waals surface area contributed by atoms with Crippen molar-refractivity contribution in [2.45, 2.75) is 0 Å². The monoisotopic (exact) mass is 718 g/mol. The minimum Gasteiger partial charge on any atom is -0.455 e. The second kappa shape index (κ2) is 11.8. The molecule has 0 amide bonds. The second-order valence-electron chi connectivity index (χ2n) is 14.3. The third-order valence-electron chi connectivity index (χ3n) is 11.3. The van der Waals surface area contributed by atoms with Gasteiger partial charge >= 0.3 is 0 Å². The Hall–Kier alpha value is -6.94. The van der Waals surface area contributed by atoms with E-state index in [-0.39, 0.29) is 0 Å². The van der Waals surface area contributed by atoms with Gasteiger partial charge < -0.3 is 8.83 Å². The van der Waals surface area contributed by atoms with Crippen LogP contribution in [0.1, 0.15) is 0 Å². The normalized spacial score (nSPS) is 12.0. The zero-order chi connectivity index (χ0) is 36.0. The molecular formula is C52H30O2S. The summed E-state index contributed by atoms with van der Waals surface area (Å²) in [7, 11) is 0. The van der Waals surface area contributed by atoms with Gasteiger partial charge in [0.25, 0.3) is 0 Å². The molecule has 0 aliphatic rings. The predicted molar refractivity (Wildman–Crippen MR) is 233 cm³/mol. The van der Waals surface area contributed by atoms with Crippen molar-refractivity contribution in [1.82, 2.24) is 0 Å². The molecule has 3 heterocycles. The van der Waals surface area contributed by atoms with Gasteiger partial charge in [0.2, 0.25) is 0 Å². The molecule has 12 rings (SSSR count). The van der Waals surface area contributed by atoms with Gasteiger partial charge in [-0.15, -0.1) is 11.3 Å². The first kappa shape index (κ1) is 30.5. The van der Waals surface area contributed by atoms with Crippen molar-refractivity contribution in [3.05, 3.63) is 182 Å². The lowest BCUT2D eigenvalue weighted by atomic mass is 9.84. The van der Waals surface area contributed by atoms with E-state index < -0.39 is 0 Å². The van der Waals surface area contributed by atoms with Crippen molar-refractivity contribution in [2.24, 2.45) is 0 Å². The van der Waals surface area contributed by atoms with Crippen molar-refractivity contribution in [3.63, 3.8) is 0 Å². The first-order valence-electron chi connectivity index (χ1n) is 18.7. The summed E-state index contributed by atoms with van der Waals surface area (Å²) in [5.41, 5.74) is 10.6. The van der Waals surface area contributed by atoms with E-state index in [9.17, 15) is 0 Å². The second-order valence-corrected chi connectivity index (χ2v) is 15.3. The van der Waals surface area contributed by atoms with Crippen LogP contribution in [0.4, 0.5) is 0 Å². The Morgan fingerprint density at radius 1 is 0.309 bits per heavy atom. The van der Waals surface area contributed by atoms with Crippen LogP contribution < -0.4 is 0 Å². The van der Waals surface area contributed by atoms with E-state index in [1.54, 1.807) is 0 Å². The highest BCUT2D eigenvalue weighted by Crippen LogP contribution is 2.51. The third kappa shape index (κ3) is 4.42. The van der Waals surface area contributed by atoms with Crippen molar-refractivity contribution in [2.75, 3.05) is 0 Å². The molecule has 55 heavy (non-hydrogen) atoms. The fourth-order valence-corrected chi connectivity index (χ4v) is 10.2. The van der Waals surface area contributed by atoms with Gasteiger partial charge in [-0.1, -0.05) is 152 Å². The minimum absolute atomic E-state index is 0.807. The first-order chi connectivity index (χ1) is 27.3. The fourth-order valence-electron chi connectivity index (χ4n) is 9.04. The van der Waals surface area contributed by atoms with E-state index in [1.807, 2.05) is 17.4 Å². The van der Waals surface area contributed by atoms with Crippen LogP contribution >= 0.6 is 11.3 Å². The minimum atomic E-state index is 0.807. The maximum atomic E-state index is 6.98. The molecule has 0 saturated carbocycles. The predicted octanol–water partition coefficient (Wildman–Crippen LogP) is 15.7. The van der Waals surface area contributed by atoms with Crippen molar-refractivity contribution < 1.29 is 8.83 Å². The van der Waals surface area contributed by atoms with Gasteiger partial charge in [-0.2, -0.15) is 0 Å². The highest BCUT2D eigenvalue weighted by Gasteiger charge is 2.25. The Labute approximate surface area is 320 Å². The van der Waals surface area contributed by atoms with Gasteiger partial charge in [-0.25, -0.2) is 0 Å². The number of hydrogen-bond acceptors (Lipinski definition) is 3. The maximum Gasteiger partial charge on any atom is 0.147 e. The van der Waals surface area contributed by atoms with E-state index in [0.29, 0.717) is 0 Å². The summed E-state index contributed by atoms with van der Waals surface area (Å²) < 4.78 is 16.3. The summed E-state index contributed by atoms with van der Waals surface area (Å²) in [4.78, 5) is 0. The van der Waals surface area contributed by atoms with Crippen molar-refractivity contribution in [3.8, 4) is 44.7 Å². The number of hydrogen-bond donors (Lipinski definition) is 0. The van der Waals surface area contributed by atoms with E-state index in [0.717, 1.165) is 60.9 Å². The Morgan fingerprint density at radius 3 is 1.51 bits per heavy atom. The van der Waals surface area contributed by atoms with Crippen LogP contribution in [0.3, 0.4) is 0 Å². The molecule has 0 fully saturated rings. The molecule has 2 nitrogen and oxygen atoms in total. The van der Waals surface area contributed by atoms with Gasteiger partial charge in [0.05, 0.1) is 5.39 Å². The molecule has 9 aromatic carbocycles. The molecule has 0 spiro atoms. The van der Waals surface area contributed by atoms with Crippen LogP contribution in [-0.2, 0) is 0 Å². The standard InChI is InChI=1S/C52H30O2S/c1-3-15-31(16-4-1)45-50-42(53-51(45)32-17-5-2-6-18-32)30-29-40-48-38(24-13-26-41(48)54-52(40)50)46-33-19-7-9-21-35(33)47(36-22-10-8-20-34(36)46)39-25-14-28-44-49(39)37-23-11-12-27-43(37)55-44/h1-30H. The summed E-state index contributed by atoms with van der Waals surface area (Å²) >= 11 is 1.87. The Balaban J connectivity index is 1.19. The van der Waals surface area contributed by atoms with E-state index in [1.165, 1.54) is 58.4 Å². The molecule has 0 unspecified atom stereocenters. The van der Waals surface area contributed by atoms with Crippen molar-refractivity contribution >= 4 is 86.0 Å². The topological polar surface area (TPSA) is 26.3 Å². The van der Waals surface area contributed by atoms with Crippen LogP contribution in [0.25, 0.3) is 119 Å². The molecule has 0 radical (unpaired) electrons. The van der Waals surface area contributed by atoms with Gasteiger partial charge in [0.1, 0.15) is 22.5 Å². The van der Waals surface area contributed by atoms with E-state index in [4.69, 9.17) is 8.83 Å². The Morgan fingerprint density at radius 2 is 0.836 bits per heavy atom. The fraction of sp³-hybridized carbons (Fsp3) is 0. The van der Waals surface area contributed by atoms with Crippen LogP contribution in [0, 0.1) is 0 Å². The molecule has 0 bridgehead atoms. The zero-order valence-electron chi connectivity index (χ0n) is 29.5. The number of fused-ring (bicyclic) bond motifs is 10. The Kier molecular flexibility index (Phi) is 6.54. The number of thiophene rings is 1. The summed E-state index contributed by atoms with van der Waals surface area (Å²) in [6.07, 6.45) is 0. The number of furan rings is 2. The molecular weight excluding hydrogens is 689 g/mol. The number of benzene rings is 9. The molecule has 0 N–H and O–H groups in total. The van der Waals surface area contributed by atoms with Gasteiger partial charge in [-0.3, -0.25) is 0 Å². The van der Waals surface area contributed by atoms with E-state index >= 15 is 0 Å². The van der Waals surface area contributed by atoms with Crippen LogP contribution in [0.5, 0.6) is 0 Å².